The lowest BCUT2D eigenvalue weighted by molar-refractivity contribution is 0.00870. The maximum atomic E-state index is 10.2. The van der Waals surface area contributed by atoms with E-state index in [0.29, 0.717) is 17.7 Å². The Morgan fingerprint density at radius 1 is 1.05 bits per heavy atom. The summed E-state index contributed by atoms with van der Waals surface area (Å²) < 4.78 is 0.940. The third kappa shape index (κ3) is 3.54. The van der Waals surface area contributed by atoms with Crippen LogP contribution in [0.25, 0.3) is 0 Å². The lowest BCUT2D eigenvalue weighted by Crippen LogP contribution is -2.48. The number of benzene rings is 1. The van der Waals surface area contributed by atoms with E-state index in [1.165, 1.54) is 18.4 Å². The van der Waals surface area contributed by atoms with Gasteiger partial charge in [-0.05, 0) is 85.0 Å². The second-order valence-corrected chi connectivity index (χ2v) is 7.60. The molecule has 1 aromatic carbocycles. The summed E-state index contributed by atoms with van der Waals surface area (Å²) in [5.74, 6) is 0.971. The molecular weight excluding hydrogens is 377 g/mol. The lowest BCUT2D eigenvalue weighted by atomic mass is 9.86. The van der Waals surface area contributed by atoms with Crippen LogP contribution >= 0.6 is 22.6 Å². The Hall–Kier alpha value is -0.330. The van der Waals surface area contributed by atoms with Gasteiger partial charge in [-0.1, -0.05) is 18.9 Å². The van der Waals surface area contributed by atoms with Crippen molar-refractivity contribution in [2.45, 2.75) is 56.6 Å². The third-order valence-corrected chi connectivity index (χ3v) is 6.00. The first-order valence-corrected chi connectivity index (χ1v) is 9.13. The molecule has 1 saturated carbocycles. The van der Waals surface area contributed by atoms with Crippen molar-refractivity contribution < 1.29 is 10.2 Å². The van der Waals surface area contributed by atoms with Gasteiger partial charge in [0.15, 0.2) is 0 Å². The molecule has 2 fully saturated rings. The highest BCUT2D eigenvalue weighted by atomic mass is 127. The first kappa shape index (κ1) is 15.6. The van der Waals surface area contributed by atoms with Crippen LogP contribution in [-0.4, -0.2) is 40.3 Å². The van der Waals surface area contributed by atoms with Gasteiger partial charge in [0.1, 0.15) is 5.75 Å². The normalized spacial score (nSPS) is 28.7. The van der Waals surface area contributed by atoms with Crippen molar-refractivity contribution in [2.75, 3.05) is 13.1 Å². The number of likely N-dealkylation sites (tertiary alicyclic amines) is 1. The van der Waals surface area contributed by atoms with Crippen molar-refractivity contribution in [2.24, 2.45) is 0 Å². The number of aromatic hydroxyl groups is 1. The van der Waals surface area contributed by atoms with Crippen LogP contribution in [0.5, 0.6) is 5.75 Å². The van der Waals surface area contributed by atoms with Crippen molar-refractivity contribution in [3.63, 3.8) is 0 Å². The number of phenols is 1. The molecule has 2 atom stereocenters. The quantitative estimate of drug-likeness (QED) is 0.746. The van der Waals surface area contributed by atoms with E-state index >= 15 is 0 Å². The molecule has 1 heterocycles. The molecule has 0 unspecified atom stereocenters. The van der Waals surface area contributed by atoms with E-state index in [2.05, 4.69) is 39.6 Å². The molecule has 1 aromatic rings. The number of halogens is 1. The van der Waals surface area contributed by atoms with Crippen molar-refractivity contribution in [1.29, 1.82) is 0 Å². The van der Waals surface area contributed by atoms with Crippen LogP contribution in [0.1, 0.15) is 50.0 Å². The minimum atomic E-state index is -0.120. The van der Waals surface area contributed by atoms with Crippen LogP contribution in [0, 0.1) is 3.57 Å². The number of hydrogen-bond donors (Lipinski definition) is 2. The van der Waals surface area contributed by atoms with Gasteiger partial charge in [0.05, 0.1) is 9.67 Å². The number of nitrogens with zero attached hydrogens (tertiary/aromatic N) is 1. The molecule has 0 spiro atoms. The molecule has 0 amide bonds. The highest BCUT2D eigenvalue weighted by molar-refractivity contribution is 14.1. The summed E-state index contributed by atoms with van der Waals surface area (Å²) in [6, 6.07) is 6.38. The summed E-state index contributed by atoms with van der Waals surface area (Å²) in [6.45, 7) is 2.17. The molecular formula is C17H24INO2. The zero-order valence-electron chi connectivity index (χ0n) is 12.3. The fourth-order valence-electron chi connectivity index (χ4n) is 3.86. The van der Waals surface area contributed by atoms with Crippen LogP contribution in [-0.2, 0) is 0 Å². The largest absolute Gasteiger partial charge is 0.507 e. The molecule has 3 nitrogen and oxygen atoms in total. The molecule has 1 aliphatic carbocycles. The fourth-order valence-corrected chi connectivity index (χ4v) is 4.40. The van der Waals surface area contributed by atoms with Gasteiger partial charge in [0.25, 0.3) is 0 Å². The molecule has 2 aliphatic rings. The van der Waals surface area contributed by atoms with Gasteiger partial charge < -0.3 is 10.2 Å². The zero-order valence-corrected chi connectivity index (χ0v) is 14.5. The van der Waals surface area contributed by atoms with Crippen molar-refractivity contribution in [3.05, 3.63) is 27.3 Å². The highest BCUT2D eigenvalue weighted by Crippen LogP contribution is 2.34. The molecule has 3 rings (SSSR count). The Kier molecular flexibility index (Phi) is 5.07. The van der Waals surface area contributed by atoms with E-state index in [4.69, 9.17) is 0 Å². The summed E-state index contributed by atoms with van der Waals surface area (Å²) >= 11 is 2.19. The molecule has 0 radical (unpaired) electrons. The summed E-state index contributed by atoms with van der Waals surface area (Å²) in [5, 5.41) is 19.8. The van der Waals surface area contributed by atoms with Crippen molar-refractivity contribution in [3.8, 4) is 5.75 Å². The maximum Gasteiger partial charge on any atom is 0.128 e. The molecule has 21 heavy (non-hydrogen) atoms. The molecule has 4 heteroatoms. The van der Waals surface area contributed by atoms with E-state index in [-0.39, 0.29) is 6.10 Å². The van der Waals surface area contributed by atoms with Gasteiger partial charge in [-0.3, -0.25) is 4.90 Å². The number of piperidine rings is 1. The summed E-state index contributed by atoms with van der Waals surface area (Å²) in [5.41, 5.74) is 1.35. The van der Waals surface area contributed by atoms with Gasteiger partial charge in [-0.2, -0.15) is 0 Å². The summed E-state index contributed by atoms with van der Waals surface area (Å²) in [6.07, 6.45) is 6.76. The van der Waals surface area contributed by atoms with Gasteiger partial charge in [0.2, 0.25) is 0 Å². The summed E-state index contributed by atoms with van der Waals surface area (Å²) in [7, 11) is 0. The van der Waals surface area contributed by atoms with Crippen molar-refractivity contribution in [1.82, 2.24) is 4.90 Å². The minimum absolute atomic E-state index is 0.120. The molecule has 2 N–H and O–H groups in total. The molecule has 116 valence electrons. The summed E-state index contributed by atoms with van der Waals surface area (Å²) in [4.78, 5) is 2.51. The highest BCUT2D eigenvalue weighted by Gasteiger charge is 2.31. The van der Waals surface area contributed by atoms with Gasteiger partial charge >= 0.3 is 0 Å². The Labute approximate surface area is 140 Å². The SMILES string of the molecule is Oc1ccc(C2CCN([C@H]3CCCC[C@@H]3O)CC2)cc1I. The number of rotatable bonds is 2. The van der Waals surface area contributed by atoms with E-state index in [0.717, 1.165) is 42.3 Å². The first-order valence-electron chi connectivity index (χ1n) is 8.05. The minimum Gasteiger partial charge on any atom is -0.507 e. The Morgan fingerprint density at radius 2 is 1.76 bits per heavy atom. The van der Waals surface area contributed by atoms with Crippen LogP contribution in [0.3, 0.4) is 0 Å². The van der Waals surface area contributed by atoms with Crippen LogP contribution in [0.15, 0.2) is 18.2 Å². The number of hydrogen-bond acceptors (Lipinski definition) is 3. The van der Waals surface area contributed by atoms with Crippen LogP contribution in [0.2, 0.25) is 0 Å². The second-order valence-electron chi connectivity index (χ2n) is 6.44. The number of aliphatic hydroxyl groups excluding tert-OH is 1. The lowest BCUT2D eigenvalue weighted by Gasteiger charge is -2.41. The van der Waals surface area contributed by atoms with E-state index in [9.17, 15) is 10.2 Å². The third-order valence-electron chi connectivity index (χ3n) is 5.14. The smallest absolute Gasteiger partial charge is 0.128 e. The van der Waals surface area contributed by atoms with Crippen LogP contribution in [0.4, 0.5) is 0 Å². The molecule has 0 aromatic heterocycles. The van der Waals surface area contributed by atoms with E-state index in [1.54, 1.807) is 0 Å². The van der Waals surface area contributed by atoms with Gasteiger partial charge in [0, 0.05) is 6.04 Å². The predicted octanol–water partition coefficient (Wildman–Crippen LogP) is 3.48. The Bertz CT molecular complexity index is 486. The van der Waals surface area contributed by atoms with Crippen molar-refractivity contribution >= 4 is 22.6 Å². The predicted molar refractivity (Wildman–Crippen MR) is 92.6 cm³/mol. The number of aliphatic hydroxyl groups is 1. The Balaban J connectivity index is 1.60. The fraction of sp³-hybridized carbons (Fsp3) is 0.647. The monoisotopic (exact) mass is 401 g/mol. The molecule has 0 bridgehead atoms. The topological polar surface area (TPSA) is 43.7 Å². The zero-order chi connectivity index (χ0) is 14.8. The second kappa shape index (κ2) is 6.84. The van der Waals surface area contributed by atoms with Gasteiger partial charge in [-0.15, -0.1) is 0 Å². The first-order chi connectivity index (χ1) is 10.1. The van der Waals surface area contributed by atoms with E-state index < -0.39 is 0 Å². The average Bonchev–Trinajstić information content (AvgIpc) is 2.51. The number of phenolic OH excluding ortho intramolecular Hbond substituents is 1. The molecule has 1 saturated heterocycles. The maximum absolute atomic E-state index is 10.2. The Morgan fingerprint density at radius 3 is 2.43 bits per heavy atom. The van der Waals surface area contributed by atoms with Crippen LogP contribution < -0.4 is 0 Å². The standard InChI is InChI=1S/C17H24INO2/c18-14-11-13(5-6-16(14)20)12-7-9-19(10-8-12)15-3-1-2-4-17(15)21/h5-6,11-12,15,17,20-21H,1-4,7-10H2/t15-,17-/m0/s1. The molecule has 1 aliphatic heterocycles. The van der Waals surface area contributed by atoms with E-state index in [1.807, 2.05) is 6.07 Å². The average molecular weight is 401 g/mol. The van der Waals surface area contributed by atoms with Gasteiger partial charge in [-0.25, -0.2) is 0 Å².